The normalized spacial score (nSPS) is 15.9. The number of H-pyrrole nitrogens is 1. The third-order valence-electron chi connectivity index (χ3n) is 3.63. The third-order valence-corrected chi connectivity index (χ3v) is 3.63. The molecule has 0 atom stereocenters. The quantitative estimate of drug-likeness (QED) is 0.911. The zero-order chi connectivity index (χ0) is 14.9. The Morgan fingerprint density at radius 2 is 2.33 bits per heavy atom. The van der Waals surface area contributed by atoms with Gasteiger partial charge in [0, 0.05) is 12.4 Å². The molecule has 0 aliphatic carbocycles. The van der Waals surface area contributed by atoms with Gasteiger partial charge < -0.3 is 9.72 Å². The van der Waals surface area contributed by atoms with Gasteiger partial charge in [-0.1, -0.05) is 12.1 Å². The number of aromatic amines is 1. The number of carbonyl (C=O) groups is 1. The Balaban J connectivity index is 1.68. The summed E-state index contributed by atoms with van der Waals surface area (Å²) in [4.78, 5) is 18.8. The summed E-state index contributed by atoms with van der Waals surface area (Å²) in [6, 6.07) is 5.97. The van der Waals surface area contributed by atoms with Crippen molar-refractivity contribution in [2.75, 3.05) is 5.32 Å². The van der Waals surface area contributed by atoms with Crippen molar-refractivity contribution in [2.45, 2.75) is 38.7 Å². The number of carbonyl (C=O) groups excluding carboxylic acids is 1. The molecule has 1 amide bonds. The minimum atomic E-state index is -0.106. The fourth-order valence-corrected chi connectivity index (χ4v) is 2.52. The maximum Gasteiger partial charge on any atom is 0.231 e. The molecule has 0 saturated heterocycles. The van der Waals surface area contributed by atoms with Crippen LogP contribution in [0.3, 0.4) is 0 Å². The Hall–Kier alpha value is -2.30. The van der Waals surface area contributed by atoms with E-state index in [1.807, 2.05) is 12.1 Å². The number of fused-ring (bicyclic) bond motifs is 1. The van der Waals surface area contributed by atoms with E-state index in [1.54, 1.807) is 12.4 Å². The molecule has 5 heteroatoms. The number of imidazole rings is 1. The molecule has 0 radical (unpaired) electrons. The Morgan fingerprint density at radius 3 is 3.10 bits per heavy atom. The Morgan fingerprint density at radius 1 is 1.48 bits per heavy atom. The molecule has 5 nitrogen and oxygen atoms in total. The molecule has 2 N–H and O–H groups in total. The summed E-state index contributed by atoms with van der Waals surface area (Å²) in [5.41, 5.74) is 2.06. The van der Waals surface area contributed by atoms with Crippen molar-refractivity contribution in [3.8, 4) is 5.75 Å². The summed E-state index contributed by atoms with van der Waals surface area (Å²) in [7, 11) is 0. The Bertz CT molecular complexity index is 648. The minimum Gasteiger partial charge on any atom is -0.488 e. The van der Waals surface area contributed by atoms with Crippen molar-refractivity contribution in [2.24, 2.45) is 0 Å². The maximum atomic E-state index is 11.9. The van der Waals surface area contributed by atoms with E-state index in [-0.39, 0.29) is 11.5 Å². The number of aromatic nitrogens is 2. The maximum absolute atomic E-state index is 11.9. The minimum absolute atomic E-state index is 0.0815. The van der Waals surface area contributed by atoms with Crippen LogP contribution in [-0.2, 0) is 17.6 Å². The molecule has 110 valence electrons. The number of nitrogens with zero attached hydrogens (tertiary/aromatic N) is 1. The molecule has 21 heavy (non-hydrogen) atoms. The number of aryl methyl sites for hydroxylation is 1. The van der Waals surface area contributed by atoms with Gasteiger partial charge >= 0.3 is 0 Å². The van der Waals surface area contributed by atoms with Crippen LogP contribution in [0.2, 0.25) is 0 Å². The lowest BCUT2D eigenvalue weighted by Gasteiger charge is -2.32. The second-order valence-electron chi connectivity index (χ2n) is 5.97. The molecule has 0 fully saturated rings. The van der Waals surface area contributed by atoms with E-state index >= 15 is 0 Å². The van der Waals surface area contributed by atoms with Gasteiger partial charge in [0.25, 0.3) is 0 Å². The largest absolute Gasteiger partial charge is 0.488 e. The molecular formula is C16H19N3O2. The molecule has 1 aromatic heterocycles. The number of ether oxygens (including phenoxy) is 1. The number of amides is 1. The van der Waals surface area contributed by atoms with E-state index in [0.29, 0.717) is 12.4 Å². The Labute approximate surface area is 123 Å². The van der Waals surface area contributed by atoms with E-state index in [9.17, 15) is 4.79 Å². The molecule has 2 heterocycles. The number of nitrogens with one attached hydrogen (secondary N) is 2. The van der Waals surface area contributed by atoms with Crippen LogP contribution in [0.5, 0.6) is 5.75 Å². The predicted octanol–water partition coefficient (Wildman–Crippen LogP) is 2.69. The summed E-state index contributed by atoms with van der Waals surface area (Å²) in [6.45, 7) is 4.20. The van der Waals surface area contributed by atoms with Crippen LogP contribution >= 0.6 is 0 Å². The summed E-state index contributed by atoms with van der Waals surface area (Å²) >= 11 is 0. The summed E-state index contributed by atoms with van der Waals surface area (Å²) in [5, 5.41) is 2.73. The number of hydrogen-bond acceptors (Lipinski definition) is 3. The van der Waals surface area contributed by atoms with Gasteiger partial charge in [-0.3, -0.25) is 10.1 Å². The zero-order valence-electron chi connectivity index (χ0n) is 12.3. The van der Waals surface area contributed by atoms with Crippen molar-refractivity contribution in [1.29, 1.82) is 0 Å². The van der Waals surface area contributed by atoms with Crippen LogP contribution < -0.4 is 10.1 Å². The zero-order valence-corrected chi connectivity index (χ0v) is 12.3. The molecule has 0 saturated carbocycles. The number of benzene rings is 1. The van der Waals surface area contributed by atoms with Crippen LogP contribution in [0.4, 0.5) is 5.95 Å². The van der Waals surface area contributed by atoms with Crippen LogP contribution in [0.25, 0.3) is 0 Å². The molecule has 2 aromatic rings. The first-order valence-electron chi connectivity index (χ1n) is 7.12. The van der Waals surface area contributed by atoms with E-state index in [0.717, 1.165) is 24.2 Å². The lowest BCUT2D eigenvalue weighted by Crippen LogP contribution is -2.32. The highest BCUT2D eigenvalue weighted by Gasteiger charge is 2.26. The molecule has 0 unspecified atom stereocenters. The average molecular weight is 285 g/mol. The van der Waals surface area contributed by atoms with Gasteiger partial charge in [-0.05, 0) is 43.9 Å². The standard InChI is InChI=1S/C16H19N3O2/c1-16(2)6-5-12-9-11(3-4-13(12)21-16)10-14(20)19-15-17-7-8-18-15/h3-4,7-9H,5-6,10H2,1-2H3,(H2,17,18,19,20). The molecular weight excluding hydrogens is 266 g/mol. The van der Waals surface area contributed by atoms with Crippen LogP contribution in [-0.4, -0.2) is 21.5 Å². The van der Waals surface area contributed by atoms with Gasteiger partial charge in [0.05, 0.1) is 6.42 Å². The fraction of sp³-hybridized carbons (Fsp3) is 0.375. The van der Waals surface area contributed by atoms with E-state index in [4.69, 9.17) is 4.74 Å². The summed E-state index contributed by atoms with van der Waals surface area (Å²) in [6.07, 6.45) is 5.58. The second kappa shape index (κ2) is 5.24. The highest BCUT2D eigenvalue weighted by Crippen LogP contribution is 2.33. The van der Waals surface area contributed by atoms with Crippen LogP contribution in [0, 0.1) is 0 Å². The van der Waals surface area contributed by atoms with Gasteiger partial charge in [-0.15, -0.1) is 0 Å². The topological polar surface area (TPSA) is 67.0 Å². The molecule has 1 aliphatic rings. The second-order valence-corrected chi connectivity index (χ2v) is 5.97. The van der Waals surface area contributed by atoms with Crippen molar-refractivity contribution in [3.05, 3.63) is 41.7 Å². The number of anilines is 1. The van der Waals surface area contributed by atoms with E-state index < -0.39 is 0 Å². The molecule has 0 spiro atoms. The lowest BCUT2D eigenvalue weighted by molar-refractivity contribution is -0.115. The van der Waals surface area contributed by atoms with Crippen LogP contribution in [0.15, 0.2) is 30.6 Å². The molecule has 0 bridgehead atoms. The summed E-state index contributed by atoms with van der Waals surface area (Å²) < 4.78 is 5.95. The van der Waals surface area contributed by atoms with Gasteiger partial charge in [0.2, 0.25) is 11.9 Å². The van der Waals surface area contributed by atoms with E-state index in [2.05, 4.69) is 35.2 Å². The first-order chi connectivity index (χ1) is 10.0. The van der Waals surface area contributed by atoms with Gasteiger partial charge in [0.15, 0.2) is 0 Å². The number of rotatable bonds is 3. The van der Waals surface area contributed by atoms with Crippen molar-refractivity contribution in [1.82, 2.24) is 9.97 Å². The predicted molar refractivity (Wildman–Crippen MR) is 80.4 cm³/mol. The third kappa shape index (κ3) is 3.24. The van der Waals surface area contributed by atoms with Crippen molar-refractivity contribution in [3.63, 3.8) is 0 Å². The van der Waals surface area contributed by atoms with Gasteiger partial charge in [-0.25, -0.2) is 4.98 Å². The fourth-order valence-electron chi connectivity index (χ4n) is 2.52. The highest BCUT2D eigenvalue weighted by molar-refractivity contribution is 5.90. The van der Waals surface area contributed by atoms with Crippen molar-refractivity contribution >= 4 is 11.9 Å². The lowest BCUT2D eigenvalue weighted by atomic mass is 9.93. The first-order valence-corrected chi connectivity index (χ1v) is 7.12. The van der Waals surface area contributed by atoms with E-state index in [1.165, 1.54) is 5.56 Å². The number of hydrogen-bond donors (Lipinski definition) is 2. The van der Waals surface area contributed by atoms with Crippen molar-refractivity contribution < 1.29 is 9.53 Å². The monoisotopic (exact) mass is 285 g/mol. The molecule has 1 aromatic carbocycles. The highest BCUT2D eigenvalue weighted by atomic mass is 16.5. The van der Waals surface area contributed by atoms with Gasteiger partial charge in [0.1, 0.15) is 11.4 Å². The van der Waals surface area contributed by atoms with Gasteiger partial charge in [-0.2, -0.15) is 0 Å². The molecule has 1 aliphatic heterocycles. The smallest absolute Gasteiger partial charge is 0.231 e. The summed E-state index contributed by atoms with van der Waals surface area (Å²) in [5.74, 6) is 1.33. The van der Waals surface area contributed by atoms with Crippen LogP contribution in [0.1, 0.15) is 31.4 Å². The molecule has 3 rings (SSSR count). The first kappa shape index (κ1) is 13.7. The Kier molecular flexibility index (Phi) is 3.41. The SMILES string of the molecule is CC1(C)CCc2cc(CC(=O)Nc3ncc[nH]3)ccc2O1. The average Bonchev–Trinajstić information content (AvgIpc) is 2.91.